The molecule has 1 heterocycles. The standard InChI is InChI=1S/C16H23FN2/c1-12(13-4-6-14(17)7-5-13)15-8-10-19(3)11-9-16(15)18-2/h4-7,12,15H,8-11H2,1-3H3. The highest BCUT2D eigenvalue weighted by Gasteiger charge is 2.26. The zero-order chi connectivity index (χ0) is 13.8. The van der Waals surface area contributed by atoms with Crippen LogP contribution in [-0.2, 0) is 0 Å². The second-order valence-electron chi connectivity index (χ2n) is 5.50. The fraction of sp³-hybridized carbons (Fsp3) is 0.562. The topological polar surface area (TPSA) is 15.6 Å². The molecule has 0 amide bonds. The highest BCUT2D eigenvalue weighted by Crippen LogP contribution is 2.31. The smallest absolute Gasteiger partial charge is 0.123 e. The van der Waals surface area contributed by atoms with E-state index in [0.717, 1.165) is 25.9 Å². The molecule has 2 nitrogen and oxygen atoms in total. The maximum absolute atomic E-state index is 13.0. The lowest BCUT2D eigenvalue weighted by atomic mass is 9.81. The number of likely N-dealkylation sites (tertiary alicyclic amines) is 1. The lowest BCUT2D eigenvalue weighted by Gasteiger charge is -2.24. The van der Waals surface area contributed by atoms with Crippen LogP contribution in [0.1, 0.15) is 31.2 Å². The predicted molar refractivity (Wildman–Crippen MR) is 78.4 cm³/mol. The molecule has 1 aromatic rings. The minimum Gasteiger partial charge on any atom is -0.306 e. The Morgan fingerprint density at radius 2 is 1.95 bits per heavy atom. The van der Waals surface area contributed by atoms with Gasteiger partial charge in [0.2, 0.25) is 0 Å². The van der Waals surface area contributed by atoms with Crippen LogP contribution in [0.15, 0.2) is 29.3 Å². The van der Waals surface area contributed by atoms with Gasteiger partial charge in [-0.05, 0) is 50.0 Å². The molecule has 1 aliphatic rings. The summed E-state index contributed by atoms with van der Waals surface area (Å²) in [6.45, 7) is 4.42. The molecule has 1 aromatic carbocycles. The van der Waals surface area contributed by atoms with Crippen molar-refractivity contribution < 1.29 is 4.39 Å². The third-order valence-corrected chi connectivity index (χ3v) is 4.29. The van der Waals surface area contributed by atoms with Gasteiger partial charge in [-0.1, -0.05) is 19.1 Å². The first-order valence-electron chi connectivity index (χ1n) is 7.01. The average molecular weight is 262 g/mol. The molecule has 19 heavy (non-hydrogen) atoms. The molecule has 0 aliphatic carbocycles. The molecule has 1 fully saturated rings. The van der Waals surface area contributed by atoms with E-state index < -0.39 is 0 Å². The Kier molecular flexibility index (Phi) is 4.70. The number of halogens is 1. The van der Waals surface area contributed by atoms with Crippen molar-refractivity contribution in [2.45, 2.75) is 25.7 Å². The summed E-state index contributed by atoms with van der Waals surface area (Å²) < 4.78 is 13.0. The largest absolute Gasteiger partial charge is 0.306 e. The normalized spacial score (nSPS) is 25.3. The van der Waals surface area contributed by atoms with Crippen molar-refractivity contribution in [1.29, 1.82) is 0 Å². The minimum absolute atomic E-state index is 0.166. The SMILES string of the molecule is CN=C1CCN(C)CCC1C(C)c1ccc(F)cc1. The van der Waals surface area contributed by atoms with Gasteiger partial charge in [0, 0.05) is 25.2 Å². The third-order valence-electron chi connectivity index (χ3n) is 4.29. The Hall–Kier alpha value is -1.22. The maximum atomic E-state index is 13.0. The molecule has 0 radical (unpaired) electrons. The number of hydrogen-bond acceptors (Lipinski definition) is 2. The van der Waals surface area contributed by atoms with E-state index in [2.05, 4.69) is 23.9 Å². The molecule has 2 atom stereocenters. The van der Waals surface area contributed by atoms with E-state index in [-0.39, 0.29) is 5.82 Å². The van der Waals surface area contributed by atoms with Gasteiger partial charge in [-0.2, -0.15) is 0 Å². The first-order valence-corrected chi connectivity index (χ1v) is 7.01. The van der Waals surface area contributed by atoms with Crippen molar-refractivity contribution >= 4 is 5.71 Å². The molecular formula is C16H23FN2. The van der Waals surface area contributed by atoms with Gasteiger partial charge in [0.15, 0.2) is 0 Å². The zero-order valence-electron chi connectivity index (χ0n) is 12.1. The summed E-state index contributed by atoms with van der Waals surface area (Å²) in [5.74, 6) is 0.701. The fourth-order valence-electron chi connectivity index (χ4n) is 2.94. The summed E-state index contributed by atoms with van der Waals surface area (Å²) in [5.41, 5.74) is 2.51. The molecule has 2 rings (SSSR count). The van der Waals surface area contributed by atoms with E-state index in [1.807, 2.05) is 19.2 Å². The summed E-state index contributed by atoms with van der Waals surface area (Å²) >= 11 is 0. The van der Waals surface area contributed by atoms with E-state index in [4.69, 9.17) is 0 Å². The van der Waals surface area contributed by atoms with Crippen molar-refractivity contribution in [3.63, 3.8) is 0 Å². The number of rotatable bonds is 2. The molecule has 104 valence electrons. The van der Waals surface area contributed by atoms with E-state index in [1.165, 1.54) is 11.3 Å². The van der Waals surface area contributed by atoms with E-state index in [9.17, 15) is 4.39 Å². The highest BCUT2D eigenvalue weighted by atomic mass is 19.1. The van der Waals surface area contributed by atoms with Gasteiger partial charge in [-0.15, -0.1) is 0 Å². The van der Waals surface area contributed by atoms with Gasteiger partial charge in [-0.25, -0.2) is 4.39 Å². The average Bonchev–Trinajstić information content (AvgIpc) is 2.60. The van der Waals surface area contributed by atoms with Gasteiger partial charge in [0.25, 0.3) is 0 Å². The van der Waals surface area contributed by atoms with Gasteiger partial charge >= 0.3 is 0 Å². The Bertz CT molecular complexity index is 439. The minimum atomic E-state index is -0.166. The van der Waals surface area contributed by atoms with Crippen LogP contribution in [0.4, 0.5) is 4.39 Å². The zero-order valence-corrected chi connectivity index (χ0v) is 12.1. The number of aliphatic imine (C=N–C) groups is 1. The molecule has 0 saturated carbocycles. The van der Waals surface area contributed by atoms with Crippen LogP contribution in [0.5, 0.6) is 0 Å². The van der Waals surface area contributed by atoms with E-state index in [1.54, 1.807) is 12.1 Å². The van der Waals surface area contributed by atoms with Crippen LogP contribution >= 0.6 is 0 Å². The van der Waals surface area contributed by atoms with Crippen molar-refractivity contribution in [2.75, 3.05) is 27.2 Å². The summed E-state index contributed by atoms with van der Waals surface area (Å²) in [7, 11) is 4.06. The summed E-state index contributed by atoms with van der Waals surface area (Å²) in [6.07, 6.45) is 2.17. The Balaban J connectivity index is 2.20. The summed E-state index contributed by atoms with van der Waals surface area (Å²) in [6, 6.07) is 6.92. The van der Waals surface area contributed by atoms with Crippen LogP contribution < -0.4 is 0 Å². The Morgan fingerprint density at radius 3 is 2.58 bits per heavy atom. The van der Waals surface area contributed by atoms with Crippen LogP contribution in [0.3, 0.4) is 0 Å². The first kappa shape index (κ1) is 14.2. The van der Waals surface area contributed by atoms with E-state index >= 15 is 0 Å². The molecule has 1 aliphatic heterocycles. The lowest BCUT2D eigenvalue weighted by Crippen LogP contribution is -2.21. The summed E-state index contributed by atoms with van der Waals surface area (Å²) in [5, 5.41) is 0. The lowest BCUT2D eigenvalue weighted by molar-refractivity contribution is 0.336. The van der Waals surface area contributed by atoms with Crippen LogP contribution in [-0.4, -0.2) is 37.8 Å². The molecule has 0 bridgehead atoms. The molecule has 0 spiro atoms. The first-order chi connectivity index (χ1) is 9.11. The quantitative estimate of drug-likeness (QED) is 0.798. The van der Waals surface area contributed by atoms with Gasteiger partial charge < -0.3 is 4.90 Å². The highest BCUT2D eigenvalue weighted by molar-refractivity contribution is 5.88. The molecular weight excluding hydrogens is 239 g/mol. The van der Waals surface area contributed by atoms with Crippen molar-refractivity contribution in [3.8, 4) is 0 Å². The monoisotopic (exact) mass is 262 g/mol. The third kappa shape index (κ3) is 3.41. The number of benzene rings is 1. The van der Waals surface area contributed by atoms with Crippen LogP contribution in [0.2, 0.25) is 0 Å². The maximum Gasteiger partial charge on any atom is 0.123 e. The van der Waals surface area contributed by atoms with Crippen LogP contribution in [0.25, 0.3) is 0 Å². The molecule has 3 heteroatoms. The predicted octanol–water partition coefficient (Wildman–Crippen LogP) is 3.34. The second kappa shape index (κ2) is 6.29. The van der Waals surface area contributed by atoms with Gasteiger partial charge in [0.05, 0.1) is 0 Å². The van der Waals surface area contributed by atoms with Crippen molar-refractivity contribution in [2.24, 2.45) is 10.9 Å². The van der Waals surface area contributed by atoms with Gasteiger partial charge in [0.1, 0.15) is 5.82 Å². The molecule has 0 N–H and O–H groups in total. The van der Waals surface area contributed by atoms with Gasteiger partial charge in [-0.3, -0.25) is 4.99 Å². The Morgan fingerprint density at radius 1 is 1.26 bits per heavy atom. The van der Waals surface area contributed by atoms with Crippen LogP contribution in [0, 0.1) is 11.7 Å². The van der Waals surface area contributed by atoms with Crippen molar-refractivity contribution in [3.05, 3.63) is 35.6 Å². The molecule has 2 unspecified atom stereocenters. The molecule has 0 aromatic heterocycles. The Labute approximate surface area is 115 Å². The number of hydrogen-bond donors (Lipinski definition) is 0. The van der Waals surface area contributed by atoms with E-state index in [0.29, 0.717) is 11.8 Å². The van der Waals surface area contributed by atoms with Crippen molar-refractivity contribution in [1.82, 2.24) is 4.90 Å². The summed E-state index contributed by atoms with van der Waals surface area (Å²) in [4.78, 5) is 6.87. The second-order valence-corrected chi connectivity index (χ2v) is 5.50. The molecule has 1 saturated heterocycles. The fourth-order valence-corrected chi connectivity index (χ4v) is 2.94. The number of nitrogens with zero attached hydrogens (tertiary/aromatic N) is 2.